The van der Waals surface area contributed by atoms with Gasteiger partial charge in [0.15, 0.2) is 0 Å². The van der Waals surface area contributed by atoms with Crippen LogP contribution in [0.3, 0.4) is 0 Å². The van der Waals surface area contributed by atoms with E-state index in [0.29, 0.717) is 26.3 Å². The largest absolute Gasteiger partial charge is 0.494 e. The highest BCUT2D eigenvalue weighted by molar-refractivity contribution is 5.76. The first-order valence-corrected chi connectivity index (χ1v) is 9.27. The number of rotatable bonds is 9. The van der Waals surface area contributed by atoms with Crippen molar-refractivity contribution in [2.45, 2.75) is 51.9 Å². The number of alkyl halides is 3. The Bertz CT molecular complexity index is 529. The smallest absolute Gasteiger partial charge is 0.419 e. The number of nitrogens with zero attached hydrogens (tertiary/aromatic N) is 1. The van der Waals surface area contributed by atoms with Gasteiger partial charge in [-0.05, 0) is 20.9 Å². The second-order valence-electron chi connectivity index (χ2n) is 6.65. The first-order chi connectivity index (χ1) is 12.6. The van der Waals surface area contributed by atoms with E-state index in [1.54, 1.807) is 25.8 Å². The van der Waals surface area contributed by atoms with Gasteiger partial charge in [0.25, 0.3) is 0 Å². The molecule has 0 saturated carbocycles. The molecule has 0 aromatic rings. The number of allylic oxidation sites excluding steroid dienone is 3. The number of carbonyl (C=O) groups excluding carboxylic acids is 1. The van der Waals surface area contributed by atoms with E-state index in [9.17, 15) is 18.0 Å². The second-order valence-corrected chi connectivity index (χ2v) is 6.65. The average molecular weight is 392 g/mol. The Morgan fingerprint density at radius 1 is 1.33 bits per heavy atom. The number of halogens is 3. The molecule has 1 aliphatic heterocycles. The lowest BCUT2D eigenvalue weighted by Gasteiger charge is -2.33. The van der Waals surface area contributed by atoms with Gasteiger partial charge in [-0.2, -0.15) is 13.2 Å². The molecule has 1 aliphatic rings. The summed E-state index contributed by atoms with van der Waals surface area (Å²) in [6.07, 6.45) is -4.05. The van der Waals surface area contributed by atoms with Crippen LogP contribution in [0.5, 0.6) is 0 Å². The minimum absolute atomic E-state index is 0.0392. The predicted octanol–water partition coefficient (Wildman–Crippen LogP) is 3.28. The molecule has 0 aromatic carbocycles. The molecule has 156 valence electrons. The van der Waals surface area contributed by atoms with Gasteiger partial charge in [-0.1, -0.05) is 19.6 Å². The summed E-state index contributed by atoms with van der Waals surface area (Å²) in [4.78, 5) is 14.3. The summed E-state index contributed by atoms with van der Waals surface area (Å²) in [5.74, 6) is -0.481. The number of ether oxygens (including phenoxy) is 2. The maximum atomic E-state index is 13.2. The molecule has 0 bridgehead atoms. The summed E-state index contributed by atoms with van der Waals surface area (Å²) >= 11 is 0. The fourth-order valence-corrected chi connectivity index (χ4v) is 3.14. The number of amides is 1. The van der Waals surface area contributed by atoms with E-state index in [4.69, 9.17) is 9.47 Å². The molecule has 5 nitrogen and oxygen atoms in total. The number of hydrogen-bond donors (Lipinski definition) is 1. The first-order valence-electron chi connectivity index (χ1n) is 9.27. The van der Waals surface area contributed by atoms with Crippen molar-refractivity contribution in [2.75, 3.05) is 33.4 Å². The predicted molar refractivity (Wildman–Crippen MR) is 98.1 cm³/mol. The van der Waals surface area contributed by atoms with Gasteiger partial charge in [-0.15, -0.1) is 0 Å². The van der Waals surface area contributed by atoms with E-state index >= 15 is 0 Å². The van der Waals surface area contributed by atoms with Gasteiger partial charge in [0, 0.05) is 37.9 Å². The lowest BCUT2D eigenvalue weighted by atomic mass is 9.91. The van der Waals surface area contributed by atoms with Crippen molar-refractivity contribution in [3.63, 3.8) is 0 Å². The Labute approximate surface area is 159 Å². The summed E-state index contributed by atoms with van der Waals surface area (Å²) in [5.41, 5.74) is -0.868. The fraction of sp³-hybridized carbons (Fsp3) is 0.737. The van der Waals surface area contributed by atoms with Crippen LogP contribution in [-0.4, -0.2) is 62.5 Å². The molecular formula is C19H31F3N2O3. The van der Waals surface area contributed by atoms with Crippen molar-refractivity contribution in [2.24, 2.45) is 5.92 Å². The van der Waals surface area contributed by atoms with E-state index in [1.807, 2.05) is 6.92 Å². The Balaban J connectivity index is 2.96. The highest BCUT2D eigenvalue weighted by atomic mass is 19.4. The molecule has 1 N–H and O–H groups in total. The Kier molecular flexibility index (Phi) is 9.32. The van der Waals surface area contributed by atoms with Crippen LogP contribution in [0.1, 0.15) is 33.6 Å². The molecule has 27 heavy (non-hydrogen) atoms. The molecule has 1 fully saturated rings. The third-order valence-electron chi connectivity index (χ3n) is 4.93. The van der Waals surface area contributed by atoms with Crippen molar-refractivity contribution in [1.29, 1.82) is 0 Å². The van der Waals surface area contributed by atoms with Crippen LogP contribution >= 0.6 is 0 Å². The summed E-state index contributed by atoms with van der Waals surface area (Å²) in [5, 5.41) is 3.09. The second kappa shape index (κ2) is 10.7. The van der Waals surface area contributed by atoms with Crippen LogP contribution in [0, 0.1) is 5.92 Å². The van der Waals surface area contributed by atoms with Crippen molar-refractivity contribution >= 4 is 5.91 Å². The molecule has 1 rings (SSSR count). The van der Waals surface area contributed by atoms with Gasteiger partial charge in [0.2, 0.25) is 5.91 Å². The van der Waals surface area contributed by atoms with Crippen LogP contribution in [0.2, 0.25) is 0 Å². The molecule has 8 heteroatoms. The van der Waals surface area contributed by atoms with Gasteiger partial charge in [-0.3, -0.25) is 4.79 Å². The summed E-state index contributed by atoms with van der Waals surface area (Å²) in [6, 6.07) is -0.110. The quantitative estimate of drug-likeness (QED) is 0.483. The maximum Gasteiger partial charge on any atom is 0.419 e. The van der Waals surface area contributed by atoms with Gasteiger partial charge in [0.1, 0.15) is 11.9 Å². The third-order valence-corrected chi connectivity index (χ3v) is 4.93. The topological polar surface area (TPSA) is 50.8 Å². The van der Waals surface area contributed by atoms with Crippen molar-refractivity contribution < 1.29 is 27.4 Å². The fourth-order valence-electron chi connectivity index (χ4n) is 3.14. The summed E-state index contributed by atoms with van der Waals surface area (Å²) < 4.78 is 50.5. The first kappa shape index (κ1) is 23.5. The van der Waals surface area contributed by atoms with Gasteiger partial charge in [-0.25, -0.2) is 0 Å². The normalized spacial score (nSPS) is 19.7. The monoisotopic (exact) mass is 392 g/mol. The van der Waals surface area contributed by atoms with E-state index in [-0.39, 0.29) is 36.5 Å². The zero-order chi connectivity index (χ0) is 20.6. The average Bonchev–Trinajstić information content (AvgIpc) is 2.64. The van der Waals surface area contributed by atoms with Crippen LogP contribution in [0.25, 0.3) is 0 Å². The number of carbonyl (C=O) groups is 1. The summed E-state index contributed by atoms with van der Waals surface area (Å²) in [6.45, 7) is 10.5. The lowest BCUT2D eigenvalue weighted by molar-refractivity contribution is -0.137. The standard InChI is InChI=1S/C19H31F3N2O3/c1-6-16(19(20,21)22)17(7-2)27-14(4)15(13(3)23-5)12-18(25)24-8-10-26-11-9-24/h6,13-15,23H,1,7-12H2,2-5H3/b17-16-/t13-,14?,15+/m1/s1. The molecule has 1 amide bonds. The summed E-state index contributed by atoms with van der Waals surface area (Å²) in [7, 11) is 1.76. The number of hydrogen-bond acceptors (Lipinski definition) is 4. The van der Waals surface area contributed by atoms with E-state index in [2.05, 4.69) is 11.9 Å². The molecule has 1 heterocycles. The van der Waals surface area contributed by atoms with Crippen LogP contribution in [-0.2, 0) is 14.3 Å². The van der Waals surface area contributed by atoms with E-state index in [0.717, 1.165) is 6.08 Å². The highest BCUT2D eigenvalue weighted by Gasteiger charge is 2.36. The molecular weight excluding hydrogens is 361 g/mol. The van der Waals surface area contributed by atoms with Crippen LogP contribution in [0.15, 0.2) is 24.0 Å². The minimum Gasteiger partial charge on any atom is -0.494 e. The highest BCUT2D eigenvalue weighted by Crippen LogP contribution is 2.32. The molecule has 3 atom stereocenters. The third kappa shape index (κ3) is 6.84. The zero-order valence-electron chi connectivity index (χ0n) is 16.6. The Hall–Kier alpha value is -1.54. The lowest BCUT2D eigenvalue weighted by Crippen LogP contribution is -2.45. The Morgan fingerprint density at radius 2 is 1.93 bits per heavy atom. The minimum atomic E-state index is -4.53. The Morgan fingerprint density at radius 3 is 2.37 bits per heavy atom. The van der Waals surface area contributed by atoms with Crippen molar-refractivity contribution in [1.82, 2.24) is 10.2 Å². The molecule has 0 spiro atoms. The van der Waals surface area contributed by atoms with E-state index < -0.39 is 17.9 Å². The van der Waals surface area contributed by atoms with Gasteiger partial charge < -0.3 is 19.7 Å². The molecule has 0 aliphatic carbocycles. The SMILES string of the molecule is C=C/C(=C(\CC)OC(C)[C@@H](CC(=O)N1CCOCC1)[C@@H](C)NC)C(F)(F)F. The molecule has 0 aromatic heterocycles. The van der Waals surface area contributed by atoms with Crippen LogP contribution in [0.4, 0.5) is 13.2 Å². The van der Waals surface area contributed by atoms with E-state index in [1.165, 1.54) is 0 Å². The number of nitrogens with one attached hydrogen (secondary N) is 1. The molecule has 1 saturated heterocycles. The zero-order valence-corrected chi connectivity index (χ0v) is 16.6. The van der Waals surface area contributed by atoms with Crippen molar-refractivity contribution in [3.05, 3.63) is 24.0 Å². The van der Waals surface area contributed by atoms with Gasteiger partial charge in [0.05, 0.1) is 18.8 Å². The number of morpholine rings is 1. The van der Waals surface area contributed by atoms with Crippen molar-refractivity contribution in [3.8, 4) is 0 Å². The molecule has 1 unspecified atom stereocenters. The molecule has 0 radical (unpaired) electrons. The van der Waals surface area contributed by atoms with Gasteiger partial charge >= 0.3 is 6.18 Å². The van der Waals surface area contributed by atoms with Crippen LogP contribution < -0.4 is 5.32 Å². The maximum absolute atomic E-state index is 13.2.